The van der Waals surface area contributed by atoms with Crippen LogP contribution in [0.1, 0.15) is 16.8 Å². The fraction of sp³-hybridized carbons (Fsp3) is 0.333. The summed E-state index contributed by atoms with van der Waals surface area (Å²) in [4.78, 5) is 23.0. The van der Waals surface area contributed by atoms with Crippen molar-refractivity contribution < 1.29 is 27.5 Å². The van der Waals surface area contributed by atoms with Crippen molar-refractivity contribution in [1.29, 1.82) is 0 Å². The summed E-state index contributed by atoms with van der Waals surface area (Å²) in [6.45, 7) is 0.199. The van der Waals surface area contributed by atoms with Crippen molar-refractivity contribution in [3.05, 3.63) is 29.8 Å². The molecule has 1 atom stereocenters. The van der Waals surface area contributed by atoms with E-state index in [9.17, 15) is 18.0 Å². The highest BCUT2D eigenvalue weighted by Gasteiger charge is 2.31. The van der Waals surface area contributed by atoms with E-state index in [0.717, 1.165) is 6.26 Å². The second-order valence-electron chi connectivity index (χ2n) is 4.12. The molecule has 102 valence electrons. The zero-order valence-corrected chi connectivity index (χ0v) is 11.0. The van der Waals surface area contributed by atoms with Crippen molar-refractivity contribution in [1.82, 2.24) is 0 Å². The van der Waals surface area contributed by atoms with Gasteiger partial charge in [-0.2, -0.15) is 0 Å². The molecule has 0 radical (unpaired) electrons. The number of ether oxygens (including phenoxy) is 2. The molecule has 0 spiro atoms. The van der Waals surface area contributed by atoms with E-state index in [1.165, 1.54) is 24.3 Å². The van der Waals surface area contributed by atoms with E-state index < -0.39 is 27.9 Å². The van der Waals surface area contributed by atoms with Gasteiger partial charge in [-0.05, 0) is 12.1 Å². The van der Waals surface area contributed by atoms with Crippen molar-refractivity contribution in [3.63, 3.8) is 0 Å². The Hall–Kier alpha value is -1.89. The van der Waals surface area contributed by atoms with E-state index in [-0.39, 0.29) is 23.5 Å². The zero-order chi connectivity index (χ0) is 14.0. The predicted octanol–water partition coefficient (Wildman–Crippen LogP) is 0.562. The molecule has 1 aliphatic rings. The quantitative estimate of drug-likeness (QED) is 0.754. The highest BCUT2D eigenvalue weighted by atomic mass is 32.2. The largest absolute Gasteiger partial charge is 0.463 e. The average molecular weight is 284 g/mol. The normalized spacial score (nSPS) is 19.0. The van der Waals surface area contributed by atoms with Gasteiger partial charge in [0, 0.05) is 12.7 Å². The lowest BCUT2D eigenvalue weighted by molar-refractivity contribution is -0.145. The maximum Gasteiger partial charge on any atom is 0.347 e. The second-order valence-corrected chi connectivity index (χ2v) is 6.10. The molecule has 0 amide bonds. The molecule has 0 aliphatic carbocycles. The summed E-state index contributed by atoms with van der Waals surface area (Å²) in [7, 11) is -3.54. The minimum absolute atomic E-state index is 0.0790. The molecule has 6 nitrogen and oxygen atoms in total. The summed E-state index contributed by atoms with van der Waals surface area (Å²) >= 11 is 0. The first-order valence-electron chi connectivity index (χ1n) is 5.56. The molecule has 0 aromatic heterocycles. The Morgan fingerprint density at radius 3 is 2.63 bits per heavy atom. The smallest absolute Gasteiger partial charge is 0.347 e. The van der Waals surface area contributed by atoms with Gasteiger partial charge in [-0.25, -0.2) is 18.0 Å². The molecule has 1 saturated heterocycles. The first-order valence-corrected chi connectivity index (χ1v) is 7.45. The molecule has 7 heteroatoms. The van der Waals surface area contributed by atoms with Gasteiger partial charge in [-0.3, -0.25) is 0 Å². The Morgan fingerprint density at radius 1 is 1.37 bits per heavy atom. The number of rotatable bonds is 3. The van der Waals surface area contributed by atoms with Crippen LogP contribution in [0.4, 0.5) is 0 Å². The van der Waals surface area contributed by atoms with Gasteiger partial charge in [0.2, 0.25) is 6.10 Å². The Labute approximate surface area is 110 Å². The standard InChI is InChI=1S/C12H12O6S/c1-19(15,16)10-5-3-2-4-8(10)11(13)18-9-6-7-17-12(9)14/h2-5,9H,6-7H2,1H3. The van der Waals surface area contributed by atoms with Crippen LogP contribution >= 0.6 is 0 Å². The average Bonchev–Trinajstić information content (AvgIpc) is 2.74. The number of hydrogen-bond acceptors (Lipinski definition) is 6. The van der Waals surface area contributed by atoms with Crippen molar-refractivity contribution in [2.45, 2.75) is 17.4 Å². The SMILES string of the molecule is CS(=O)(=O)c1ccccc1C(=O)OC1CCOC1=O. The third-order valence-corrected chi connectivity index (χ3v) is 3.80. The van der Waals surface area contributed by atoms with Crippen molar-refractivity contribution in [2.75, 3.05) is 12.9 Å². The van der Waals surface area contributed by atoms with Crippen LogP contribution in [0.25, 0.3) is 0 Å². The monoisotopic (exact) mass is 284 g/mol. The van der Waals surface area contributed by atoms with E-state index in [4.69, 9.17) is 4.74 Å². The van der Waals surface area contributed by atoms with Gasteiger partial charge in [-0.1, -0.05) is 12.1 Å². The number of carbonyl (C=O) groups excluding carboxylic acids is 2. The van der Waals surface area contributed by atoms with Crippen LogP contribution in [-0.2, 0) is 24.1 Å². The van der Waals surface area contributed by atoms with E-state index in [2.05, 4.69) is 4.74 Å². The highest BCUT2D eigenvalue weighted by Crippen LogP contribution is 2.19. The molecule has 0 saturated carbocycles. The predicted molar refractivity (Wildman–Crippen MR) is 64.3 cm³/mol. The van der Waals surface area contributed by atoms with E-state index in [1.54, 1.807) is 0 Å². The number of hydrogen-bond donors (Lipinski definition) is 0. The molecule has 2 rings (SSSR count). The minimum atomic E-state index is -3.54. The summed E-state index contributed by atoms with van der Waals surface area (Å²) in [5.41, 5.74) is -0.0790. The Bertz CT molecular complexity index is 619. The van der Waals surface area contributed by atoms with Gasteiger partial charge in [0.25, 0.3) is 0 Å². The number of benzene rings is 1. The van der Waals surface area contributed by atoms with Crippen LogP contribution in [0.5, 0.6) is 0 Å². The number of esters is 2. The summed E-state index contributed by atoms with van der Waals surface area (Å²) in [6, 6.07) is 5.70. The fourth-order valence-corrected chi connectivity index (χ4v) is 2.61. The molecule has 1 unspecified atom stereocenters. The maximum absolute atomic E-state index is 11.9. The summed E-state index contributed by atoms with van der Waals surface area (Å²) in [5.74, 6) is -1.45. The van der Waals surface area contributed by atoms with Crippen LogP contribution in [0.3, 0.4) is 0 Å². The molecule has 1 fully saturated rings. The molecule has 1 heterocycles. The first kappa shape index (κ1) is 13.5. The topological polar surface area (TPSA) is 86.7 Å². The van der Waals surface area contributed by atoms with Crippen molar-refractivity contribution >= 4 is 21.8 Å². The van der Waals surface area contributed by atoms with E-state index in [1.807, 2.05) is 0 Å². The van der Waals surface area contributed by atoms with Crippen LogP contribution in [0, 0.1) is 0 Å². The minimum Gasteiger partial charge on any atom is -0.463 e. The molecule has 0 bridgehead atoms. The highest BCUT2D eigenvalue weighted by molar-refractivity contribution is 7.90. The lowest BCUT2D eigenvalue weighted by atomic mass is 10.2. The van der Waals surface area contributed by atoms with Gasteiger partial charge in [0.05, 0.1) is 17.1 Å². The molecule has 1 aromatic carbocycles. The van der Waals surface area contributed by atoms with Crippen LogP contribution in [0.15, 0.2) is 29.2 Å². The van der Waals surface area contributed by atoms with Crippen molar-refractivity contribution in [2.24, 2.45) is 0 Å². The maximum atomic E-state index is 11.9. The van der Waals surface area contributed by atoms with E-state index in [0.29, 0.717) is 0 Å². The molecule has 1 aliphatic heterocycles. The molecule has 0 N–H and O–H groups in total. The third-order valence-electron chi connectivity index (χ3n) is 2.64. The first-order chi connectivity index (χ1) is 8.89. The molecular weight excluding hydrogens is 272 g/mol. The van der Waals surface area contributed by atoms with Crippen LogP contribution < -0.4 is 0 Å². The van der Waals surface area contributed by atoms with Gasteiger partial charge in [-0.15, -0.1) is 0 Å². The van der Waals surface area contributed by atoms with E-state index >= 15 is 0 Å². The zero-order valence-electron chi connectivity index (χ0n) is 10.2. The summed E-state index contributed by atoms with van der Waals surface area (Å²) < 4.78 is 32.8. The number of sulfone groups is 1. The van der Waals surface area contributed by atoms with Gasteiger partial charge < -0.3 is 9.47 Å². The Morgan fingerprint density at radius 2 is 2.05 bits per heavy atom. The Kier molecular flexibility index (Phi) is 3.57. The summed E-state index contributed by atoms with van der Waals surface area (Å²) in [6.07, 6.45) is 0.328. The van der Waals surface area contributed by atoms with Gasteiger partial charge in [0.15, 0.2) is 9.84 Å². The lowest BCUT2D eigenvalue weighted by Gasteiger charge is -2.10. The third kappa shape index (κ3) is 2.93. The van der Waals surface area contributed by atoms with Crippen LogP contribution in [-0.4, -0.2) is 39.3 Å². The molecular formula is C12H12O6S. The van der Waals surface area contributed by atoms with Crippen LogP contribution in [0.2, 0.25) is 0 Å². The number of cyclic esters (lactones) is 1. The number of carbonyl (C=O) groups is 2. The second kappa shape index (κ2) is 5.00. The van der Waals surface area contributed by atoms with Crippen molar-refractivity contribution in [3.8, 4) is 0 Å². The Balaban J connectivity index is 2.27. The lowest BCUT2D eigenvalue weighted by Crippen LogP contribution is -2.23. The molecule has 19 heavy (non-hydrogen) atoms. The fourth-order valence-electron chi connectivity index (χ4n) is 1.74. The van der Waals surface area contributed by atoms with Gasteiger partial charge in [0.1, 0.15) is 0 Å². The van der Waals surface area contributed by atoms with Gasteiger partial charge >= 0.3 is 11.9 Å². The molecule has 1 aromatic rings. The summed E-state index contributed by atoms with van der Waals surface area (Å²) in [5, 5.41) is 0.